The van der Waals surface area contributed by atoms with Gasteiger partial charge in [-0.1, -0.05) is 42.5 Å². The van der Waals surface area contributed by atoms with Crippen LogP contribution in [0.5, 0.6) is 0 Å². The Labute approximate surface area is 173 Å². The van der Waals surface area contributed by atoms with Crippen LogP contribution in [0.25, 0.3) is 11.1 Å². The second-order valence-electron chi connectivity index (χ2n) is 7.85. The van der Waals surface area contributed by atoms with E-state index in [1.807, 2.05) is 6.07 Å². The molecule has 1 saturated carbocycles. The second-order valence-corrected chi connectivity index (χ2v) is 9.53. The molecule has 7 heteroatoms. The van der Waals surface area contributed by atoms with Gasteiger partial charge in [-0.05, 0) is 64.9 Å². The molecule has 0 spiro atoms. The zero-order valence-corrected chi connectivity index (χ0v) is 16.6. The average Bonchev–Trinajstić information content (AvgIpc) is 3.33. The molecule has 0 aliphatic heterocycles. The molecular weight excluding hydrogens is 405 g/mol. The Bertz CT molecular complexity index is 1290. The highest BCUT2D eigenvalue weighted by molar-refractivity contribution is 7.89. The number of halogens is 1. The minimum atomic E-state index is -4.06. The maximum absolute atomic E-state index is 13.5. The van der Waals surface area contributed by atoms with Crippen LogP contribution < -0.4 is 4.72 Å². The summed E-state index contributed by atoms with van der Waals surface area (Å²) in [5.41, 5.74) is 2.57. The van der Waals surface area contributed by atoms with E-state index < -0.39 is 27.4 Å². The first-order valence-corrected chi connectivity index (χ1v) is 11.0. The van der Waals surface area contributed by atoms with E-state index in [0.717, 1.165) is 27.8 Å². The molecule has 2 aliphatic carbocycles. The van der Waals surface area contributed by atoms with Crippen LogP contribution in [0.3, 0.4) is 0 Å². The normalized spacial score (nSPS) is 21.7. The zero-order valence-electron chi connectivity index (χ0n) is 15.8. The Morgan fingerprint density at radius 1 is 1.00 bits per heavy atom. The number of fused-ring (bicyclic) bond motifs is 3. The molecule has 2 atom stereocenters. The van der Waals surface area contributed by atoms with Crippen molar-refractivity contribution in [2.45, 2.75) is 29.2 Å². The Morgan fingerprint density at radius 2 is 1.67 bits per heavy atom. The molecule has 0 unspecified atom stereocenters. The van der Waals surface area contributed by atoms with Crippen LogP contribution in [0, 0.1) is 5.82 Å². The third-order valence-electron chi connectivity index (χ3n) is 5.99. The lowest BCUT2D eigenvalue weighted by molar-refractivity contribution is -0.140. The third kappa shape index (κ3) is 2.93. The summed E-state index contributed by atoms with van der Waals surface area (Å²) in [6, 6.07) is 18.3. The number of carbonyl (C=O) groups is 1. The number of hydrogen-bond donors (Lipinski definition) is 2. The van der Waals surface area contributed by atoms with Crippen molar-refractivity contribution < 1.29 is 22.7 Å². The molecule has 0 radical (unpaired) electrons. The van der Waals surface area contributed by atoms with Crippen molar-refractivity contribution in [2.75, 3.05) is 0 Å². The molecule has 30 heavy (non-hydrogen) atoms. The van der Waals surface area contributed by atoms with E-state index in [-0.39, 0.29) is 17.1 Å². The summed E-state index contributed by atoms with van der Waals surface area (Å²) in [6.07, 6.45) is 0.629. The van der Waals surface area contributed by atoms with Gasteiger partial charge in [0.25, 0.3) is 0 Å². The van der Waals surface area contributed by atoms with Gasteiger partial charge in [0.2, 0.25) is 10.0 Å². The predicted octanol–water partition coefficient (Wildman–Crippen LogP) is 3.69. The molecule has 0 saturated heterocycles. The van der Waals surface area contributed by atoms with E-state index in [1.165, 1.54) is 18.2 Å². The fraction of sp³-hybridized carbons (Fsp3) is 0.174. The molecule has 0 heterocycles. The summed E-state index contributed by atoms with van der Waals surface area (Å²) in [4.78, 5) is 12.0. The molecule has 3 aromatic carbocycles. The molecule has 0 amide bonds. The number of sulfonamides is 1. The Hall–Kier alpha value is -3.03. The molecule has 0 aromatic heterocycles. The van der Waals surface area contributed by atoms with Gasteiger partial charge in [0.1, 0.15) is 11.4 Å². The van der Waals surface area contributed by atoms with Crippen molar-refractivity contribution in [2.24, 2.45) is 0 Å². The highest BCUT2D eigenvalue weighted by atomic mass is 32.2. The lowest BCUT2D eigenvalue weighted by Gasteiger charge is -2.16. The molecule has 3 aromatic rings. The van der Waals surface area contributed by atoms with Gasteiger partial charge < -0.3 is 5.11 Å². The fourth-order valence-electron chi connectivity index (χ4n) is 4.37. The first kappa shape index (κ1) is 19.0. The maximum Gasteiger partial charge on any atom is 0.325 e. The minimum Gasteiger partial charge on any atom is -0.480 e. The van der Waals surface area contributed by atoms with E-state index in [9.17, 15) is 22.7 Å². The van der Waals surface area contributed by atoms with Crippen molar-refractivity contribution >= 4 is 16.0 Å². The van der Waals surface area contributed by atoms with Crippen LogP contribution in [0.15, 0.2) is 71.6 Å². The number of rotatable bonds is 5. The number of nitrogens with one attached hydrogen (secondary N) is 1. The number of carboxylic acid groups (broad SMARTS) is 1. The van der Waals surface area contributed by atoms with Crippen molar-refractivity contribution in [3.05, 3.63) is 89.2 Å². The lowest BCUT2D eigenvalue weighted by atomic mass is 10.1. The predicted molar refractivity (Wildman–Crippen MR) is 109 cm³/mol. The Kier molecular flexibility index (Phi) is 4.10. The quantitative estimate of drug-likeness (QED) is 0.513. The van der Waals surface area contributed by atoms with Crippen molar-refractivity contribution in [3.8, 4) is 11.1 Å². The Balaban J connectivity index is 1.46. The molecule has 0 bridgehead atoms. The standard InChI is InChI=1S/C23H18FNO4S/c24-17-6-8-19-15(11-17)10-16-12-18(7-9-20(16)19)30(28,29)25-23(22(26)27)13-21(23)14-4-2-1-3-5-14/h1-9,11-12,21,25H,10,13H2,(H,26,27)/t21-,23-/m0/s1. The van der Waals surface area contributed by atoms with E-state index in [0.29, 0.717) is 6.42 Å². The summed E-state index contributed by atoms with van der Waals surface area (Å²) in [5.74, 6) is -1.95. The molecule has 152 valence electrons. The van der Waals surface area contributed by atoms with Gasteiger partial charge in [0.05, 0.1) is 4.90 Å². The minimum absolute atomic E-state index is 0.00821. The maximum atomic E-state index is 13.5. The smallest absolute Gasteiger partial charge is 0.325 e. The number of benzene rings is 3. The molecule has 5 nitrogen and oxygen atoms in total. The van der Waals surface area contributed by atoms with E-state index in [2.05, 4.69) is 4.72 Å². The van der Waals surface area contributed by atoms with E-state index >= 15 is 0 Å². The molecule has 2 aliphatic rings. The van der Waals surface area contributed by atoms with E-state index in [4.69, 9.17) is 0 Å². The summed E-state index contributed by atoms with van der Waals surface area (Å²) >= 11 is 0. The fourth-order valence-corrected chi connectivity index (χ4v) is 5.82. The van der Waals surface area contributed by atoms with Crippen molar-refractivity contribution in [1.82, 2.24) is 4.72 Å². The van der Waals surface area contributed by atoms with Crippen LogP contribution in [-0.4, -0.2) is 25.0 Å². The molecule has 2 N–H and O–H groups in total. The summed E-state index contributed by atoms with van der Waals surface area (Å²) in [5, 5.41) is 9.78. The summed E-state index contributed by atoms with van der Waals surface area (Å²) < 4.78 is 42.1. The van der Waals surface area contributed by atoms with Gasteiger partial charge in [0.15, 0.2) is 0 Å². The van der Waals surface area contributed by atoms with Crippen LogP contribution in [0.2, 0.25) is 0 Å². The highest BCUT2D eigenvalue weighted by Gasteiger charge is 2.63. The topological polar surface area (TPSA) is 83.5 Å². The molecular formula is C23H18FNO4S. The highest BCUT2D eigenvalue weighted by Crippen LogP contribution is 2.52. The lowest BCUT2D eigenvalue weighted by Crippen LogP contribution is -2.44. The van der Waals surface area contributed by atoms with Gasteiger partial charge in [-0.15, -0.1) is 0 Å². The third-order valence-corrected chi connectivity index (χ3v) is 7.49. The number of carboxylic acids is 1. The summed E-state index contributed by atoms with van der Waals surface area (Å²) in [6.45, 7) is 0. The van der Waals surface area contributed by atoms with E-state index in [1.54, 1.807) is 42.5 Å². The van der Waals surface area contributed by atoms with Gasteiger partial charge in [-0.25, -0.2) is 12.8 Å². The largest absolute Gasteiger partial charge is 0.480 e. The van der Waals surface area contributed by atoms with Crippen LogP contribution in [0.1, 0.15) is 29.0 Å². The second kappa shape index (κ2) is 6.48. The van der Waals surface area contributed by atoms with Gasteiger partial charge in [-0.3, -0.25) is 4.79 Å². The number of hydrogen-bond acceptors (Lipinski definition) is 3. The van der Waals surface area contributed by atoms with Gasteiger partial charge in [0, 0.05) is 5.92 Å². The van der Waals surface area contributed by atoms with Crippen molar-refractivity contribution in [3.63, 3.8) is 0 Å². The van der Waals surface area contributed by atoms with Crippen LogP contribution in [-0.2, 0) is 21.2 Å². The SMILES string of the molecule is O=C(O)[C@]1(NS(=O)(=O)c2ccc3c(c2)Cc2cc(F)ccc2-3)C[C@H]1c1ccccc1. The van der Waals surface area contributed by atoms with Crippen LogP contribution >= 0.6 is 0 Å². The van der Waals surface area contributed by atoms with Gasteiger partial charge in [-0.2, -0.15) is 4.72 Å². The van der Waals surface area contributed by atoms with Crippen LogP contribution in [0.4, 0.5) is 4.39 Å². The first-order valence-electron chi connectivity index (χ1n) is 9.54. The van der Waals surface area contributed by atoms with Gasteiger partial charge >= 0.3 is 5.97 Å². The molecule has 1 fully saturated rings. The summed E-state index contributed by atoms with van der Waals surface area (Å²) in [7, 11) is -4.06. The zero-order chi connectivity index (χ0) is 21.1. The number of aliphatic carboxylic acids is 1. The monoisotopic (exact) mass is 423 g/mol. The first-order chi connectivity index (χ1) is 14.3. The Morgan fingerprint density at radius 3 is 2.37 bits per heavy atom. The molecule has 5 rings (SSSR count). The average molecular weight is 423 g/mol. The van der Waals surface area contributed by atoms with Crippen molar-refractivity contribution in [1.29, 1.82) is 0 Å².